The molecule has 0 saturated heterocycles. The summed E-state index contributed by atoms with van der Waals surface area (Å²) in [5.74, 6) is 1.99. The average molecular weight is 763 g/mol. The lowest BCUT2D eigenvalue weighted by Gasteiger charge is -2.09. The minimum absolute atomic E-state index is 0.663. The third-order valence-corrected chi connectivity index (χ3v) is 13.3. The highest BCUT2D eigenvalue weighted by Gasteiger charge is 2.20. The smallest absolute Gasteiger partial charge is 0.164 e. The molecule has 0 saturated carbocycles. The van der Waals surface area contributed by atoms with Crippen molar-refractivity contribution in [2.24, 2.45) is 0 Å². The second-order valence-corrected chi connectivity index (χ2v) is 16.6. The lowest BCUT2D eigenvalue weighted by atomic mass is 9.97. The minimum atomic E-state index is 0.663. The van der Waals surface area contributed by atoms with Crippen LogP contribution in [0.1, 0.15) is 0 Å². The molecule has 0 aliphatic carbocycles. The summed E-state index contributed by atoms with van der Waals surface area (Å²) in [6.07, 6.45) is 0. The number of aromatic nitrogens is 4. The summed E-state index contributed by atoms with van der Waals surface area (Å²) in [7, 11) is 0. The van der Waals surface area contributed by atoms with E-state index in [1.165, 1.54) is 73.3 Å². The molecule has 0 bridgehead atoms. The van der Waals surface area contributed by atoms with Crippen LogP contribution in [0, 0.1) is 0 Å². The normalized spacial score (nSPS) is 11.9. The summed E-state index contributed by atoms with van der Waals surface area (Å²) in [6.45, 7) is 0. The molecular formula is C51H30N4S2. The summed E-state index contributed by atoms with van der Waals surface area (Å²) in [6, 6.07) is 65.0. The van der Waals surface area contributed by atoms with E-state index in [2.05, 4.69) is 126 Å². The van der Waals surface area contributed by atoms with Gasteiger partial charge in [-0.15, -0.1) is 22.7 Å². The Morgan fingerprint density at radius 3 is 1.65 bits per heavy atom. The lowest BCUT2D eigenvalue weighted by Crippen LogP contribution is -1.99. The molecule has 4 aromatic heterocycles. The zero-order valence-electron chi connectivity index (χ0n) is 30.4. The highest BCUT2D eigenvalue weighted by atomic mass is 32.1. The van der Waals surface area contributed by atoms with Gasteiger partial charge in [-0.25, -0.2) is 15.0 Å². The molecule has 4 nitrogen and oxygen atoms in total. The van der Waals surface area contributed by atoms with Crippen LogP contribution >= 0.6 is 22.7 Å². The molecule has 8 aromatic carbocycles. The van der Waals surface area contributed by atoms with E-state index in [4.69, 9.17) is 15.0 Å². The molecule has 0 aliphatic rings. The highest BCUT2D eigenvalue weighted by molar-refractivity contribution is 7.26. The van der Waals surface area contributed by atoms with E-state index < -0.39 is 0 Å². The molecule has 266 valence electrons. The number of para-hydroxylation sites is 1. The van der Waals surface area contributed by atoms with Gasteiger partial charge in [0.1, 0.15) is 0 Å². The number of nitrogens with zero attached hydrogens (tertiary/aromatic N) is 4. The number of fused-ring (bicyclic) bond motifs is 9. The Morgan fingerprint density at radius 1 is 0.333 bits per heavy atom. The molecule has 57 heavy (non-hydrogen) atoms. The predicted molar refractivity (Wildman–Crippen MR) is 242 cm³/mol. The van der Waals surface area contributed by atoms with Crippen molar-refractivity contribution in [1.82, 2.24) is 19.5 Å². The Balaban J connectivity index is 1.03. The number of benzene rings is 8. The summed E-state index contributed by atoms with van der Waals surface area (Å²) in [4.78, 5) is 14.9. The van der Waals surface area contributed by atoms with Crippen LogP contribution in [0.5, 0.6) is 0 Å². The van der Waals surface area contributed by atoms with Crippen molar-refractivity contribution >= 4 is 84.8 Å². The monoisotopic (exact) mass is 762 g/mol. The molecular weight excluding hydrogens is 733 g/mol. The molecule has 6 heteroatoms. The SMILES string of the molecule is c1ccc(-c2nc(-c3ccccc3)nc(-c3ccc4c(c3)sc3ccc(-c5cccc6c5c5cc7c(cc5n6-c5ccccc5)sc5ccccc57)cc34)n2)cc1. The molecule has 0 aliphatic heterocycles. The molecule has 0 unspecified atom stereocenters. The van der Waals surface area contributed by atoms with Gasteiger partial charge < -0.3 is 4.57 Å². The van der Waals surface area contributed by atoms with Gasteiger partial charge in [-0.3, -0.25) is 0 Å². The van der Waals surface area contributed by atoms with Crippen molar-refractivity contribution in [3.05, 3.63) is 182 Å². The van der Waals surface area contributed by atoms with Crippen LogP contribution < -0.4 is 0 Å². The van der Waals surface area contributed by atoms with E-state index in [-0.39, 0.29) is 0 Å². The van der Waals surface area contributed by atoms with Crippen molar-refractivity contribution in [2.45, 2.75) is 0 Å². The Bertz CT molecular complexity index is 3450. The van der Waals surface area contributed by atoms with Gasteiger partial charge in [-0.1, -0.05) is 127 Å². The number of rotatable bonds is 5. The molecule has 0 spiro atoms. The van der Waals surface area contributed by atoms with Crippen molar-refractivity contribution < 1.29 is 0 Å². The van der Waals surface area contributed by atoms with Gasteiger partial charge >= 0.3 is 0 Å². The maximum atomic E-state index is 5.00. The first-order valence-corrected chi connectivity index (χ1v) is 20.6. The van der Waals surface area contributed by atoms with E-state index in [9.17, 15) is 0 Å². The largest absolute Gasteiger partial charge is 0.309 e. The van der Waals surface area contributed by atoms with Gasteiger partial charge in [0.2, 0.25) is 0 Å². The summed E-state index contributed by atoms with van der Waals surface area (Å²) >= 11 is 3.68. The van der Waals surface area contributed by atoms with E-state index in [1.54, 1.807) is 0 Å². The summed E-state index contributed by atoms with van der Waals surface area (Å²) < 4.78 is 7.51. The molecule has 0 atom stereocenters. The second-order valence-electron chi connectivity index (χ2n) is 14.4. The van der Waals surface area contributed by atoms with Crippen LogP contribution in [0.3, 0.4) is 0 Å². The second kappa shape index (κ2) is 12.8. The van der Waals surface area contributed by atoms with Crippen LogP contribution in [-0.2, 0) is 0 Å². The van der Waals surface area contributed by atoms with Crippen LogP contribution in [0.4, 0.5) is 0 Å². The molecule has 4 heterocycles. The fourth-order valence-corrected chi connectivity index (χ4v) is 10.6. The first kappa shape index (κ1) is 32.3. The Kier molecular flexibility index (Phi) is 7.24. The zero-order valence-corrected chi connectivity index (χ0v) is 32.1. The van der Waals surface area contributed by atoms with Crippen molar-refractivity contribution in [3.63, 3.8) is 0 Å². The maximum Gasteiger partial charge on any atom is 0.164 e. The van der Waals surface area contributed by atoms with Crippen molar-refractivity contribution in [1.29, 1.82) is 0 Å². The predicted octanol–water partition coefficient (Wildman–Crippen LogP) is 14.4. The number of thiophene rings is 2. The third-order valence-electron chi connectivity index (χ3n) is 11.0. The maximum absolute atomic E-state index is 5.00. The van der Waals surface area contributed by atoms with Gasteiger partial charge in [0, 0.05) is 73.5 Å². The standard InChI is InChI=1S/C51H30N4S2/c1-4-13-31(14-5-1)49-52-50(32-15-6-2-7-16-32)54-51(53-49)34-23-25-38-39-27-33(24-26-45(39)57-46(38)28-34)36-20-12-21-42-48(36)41-29-40-37-19-10-11-22-44(37)56-47(40)30-43(41)55(42)35-17-8-3-9-18-35/h1-30H. The van der Waals surface area contributed by atoms with E-state index in [1.807, 2.05) is 83.3 Å². The Morgan fingerprint density at radius 2 is 0.912 bits per heavy atom. The molecule has 0 fully saturated rings. The Labute approximate surface area is 335 Å². The van der Waals surface area contributed by atoms with Gasteiger partial charge in [0.05, 0.1) is 11.0 Å². The van der Waals surface area contributed by atoms with Crippen LogP contribution in [0.25, 0.3) is 113 Å². The van der Waals surface area contributed by atoms with E-state index >= 15 is 0 Å². The van der Waals surface area contributed by atoms with Crippen molar-refractivity contribution in [3.8, 4) is 51.0 Å². The molecule has 12 rings (SSSR count). The topological polar surface area (TPSA) is 43.6 Å². The van der Waals surface area contributed by atoms with Crippen LogP contribution in [0.15, 0.2) is 182 Å². The Hall–Kier alpha value is -6.99. The fraction of sp³-hybridized carbons (Fsp3) is 0. The van der Waals surface area contributed by atoms with E-state index in [0.717, 1.165) is 22.4 Å². The quantitative estimate of drug-likeness (QED) is 0.175. The van der Waals surface area contributed by atoms with E-state index in [0.29, 0.717) is 17.5 Å². The number of hydrogen-bond donors (Lipinski definition) is 0. The first-order chi connectivity index (χ1) is 28.2. The molecule has 0 radical (unpaired) electrons. The van der Waals surface area contributed by atoms with Gasteiger partial charge in [0.15, 0.2) is 17.5 Å². The van der Waals surface area contributed by atoms with Crippen LogP contribution in [0.2, 0.25) is 0 Å². The third kappa shape index (κ3) is 5.22. The molecule has 0 N–H and O–H groups in total. The molecule has 12 aromatic rings. The first-order valence-electron chi connectivity index (χ1n) is 19.0. The highest BCUT2D eigenvalue weighted by Crippen LogP contribution is 2.45. The van der Waals surface area contributed by atoms with Gasteiger partial charge in [-0.2, -0.15) is 0 Å². The lowest BCUT2D eigenvalue weighted by molar-refractivity contribution is 1.07. The van der Waals surface area contributed by atoms with Crippen LogP contribution in [-0.4, -0.2) is 19.5 Å². The number of hydrogen-bond acceptors (Lipinski definition) is 5. The van der Waals surface area contributed by atoms with Crippen molar-refractivity contribution in [2.75, 3.05) is 0 Å². The minimum Gasteiger partial charge on any atom is -0.309 e. The fourth-order valence-electron chi connectivity index (χ4n) is 8.40. The summed E-state index contributed by atoms with van der Waals surface area (Å²) in [5, 5.41) is 7.64. The summed E-state index contributed by atoms with van der Waals surface area (Å²) in [5.41, 5.74) is 8.92. The van der Waals surface area contributed by atoms with Gasteiger partial charge in [-0.05, 0) is 65.7 Å². The van der Waals surface area contributed by atoms with Gasteiger partial charge in [0.25, 0.3) is 0 Å². The zero-order chi connectivity index (χ0) is 37.5. The molecule has 0 amide bonds. The average Bonchev–Trinajstić information content (AvgIpc) is 3.94.